The number of ether oxygens (including phenoxy) is 1. The fourth-order valence-electron chi connectivity index (χ4n) is 2.62. The Kier molecular flexibility index (Phi) is 4.80. The van der Waals surface area contributed by atoms with Gasteiger partial charge >= 0.3 is 0 Å². The van der Waals surface area contributed by atoms with E-state index in [1.807, 2.05) is 0 Å². The van der Waals surface area contributed by atoms with Crippen molar-refractivity contribution in [3.8, 4) is 5.75 Å². The first-order valence-electron chi connectivity index (χ1n) is 6.77. The van der Waals surface area contributed by atoms with Crippen molar-refractivity contribution in [1.82, 2.24) is 0 Å². The summed E-state index contributed by atoms with van der Waals surface area (Å²) in [5.41, 5.74) is 5.68. The Labute approximate surface area is 112 Å². The third-order valence-corrected chi connectivity index (χ3v) is 3.02. The van der Waals surface area contributed by atoms with Crippen LogP contribution in [-0.2, 0) is 5.41 Å². The molecule has 1 aromatic carbocycles. The number of rotatable bonds is 5. The molecule has 18 heavy (non-hydrogen) atoms. The molecule has 0 aromatic heterocycles. The van der Waals surface area contributed by atoms with Crippen molar-refractivity contribution in [2.24, 2.45) is 5.41 Å². The van der Waals surface area contributed by atoms with Crippen molar-refractivity contribution in [1.29, 1.82) is 0 Å². The van der Waals surface area contributed by atoms with Gasteiger partial charge in [0.05, 0.1) is 0 Å². The Hall–Kier alpha value is -1.02. The Morgan fingerprint density at radius 3 is 2.00 bits per heavy atom. The van der Waals surface area contributed by atoms with Crippen LogP contribution in [0, 0.1) is 5.41 Å². The molecule has 0 atom stereocenters. The first kappa shape index (κ1) is 15.0. The monoisotopic (exact) mass is 250 g/mol. The molecule has 0 amide bonds. The molecule has 2 nitrogen and oxygen atoms in total. The summed E-state index contributed by atoms with van der Waals surface area (Å²) in [5, 5.41) is 0. The summed E-state index contributed by atoms with van der Waals surface area (Å²) in [6.45, 7) is 13.0. The van der Waals surface area contributed by atoms with E-state index in [-0.39, 0.29) is 5.41 Å². The Bertz CT molecular complexity index is 360. The van der Waals surface area contributed by atoms with E-state index in [0.717, 1.165) is 12.3 Å². The normalized spacial score (nSPS) is 12.6. The summed E-state index contributed by atoms with van der Waals surface area (Å²) >= 11 is 0. The maximum atomic E-state index is 5.56. The smallest absolute Gasteiger partial charge is 0.137 e. The van der Waals surface area contributed by atoms with Crippen LogP contribution in [0.1, 0.15) is 46.6 Å². The molecule has 0 aliphatic rings. The standard InChI is InChI=1S/C16H27NO/c1-15(2,3)12-16(4,5)13-6-8-14(9-7-13)18-11-10-17/h6-9H,10-12,17H2,1-5H3/p+1. The number of quaternary nitrogens is 1. The first-order chi connectivity index (χ1) is 8.24. The highest BCUT2D eigenvalue weighted by molar-refractivity contribution is 5.31. The molecule has 102 valence electrons. The third kappa shape index (κ3) is 4.69. The fraction of sp³-hybridized carbons (Fsp3) is 0.625. The summed E-state index contributed by atoms with van der Waals surface area (Å²) in [5.74, 6) is 0.939. The Balaban J connectivity index is 2.77. The van der Waals surface area contributed by atoms with Gasteiger partial charge in [0, 0.05) is 0 Å². The topological polar surface area (TPSA) is 36.9 Å². The van der Waals surface area contributed by atoms with E-state index in [0.29, 0.717) is 12.0 Å². The molecular formula is C16H28NO+. The maximum Gasteiger partial charge on any atom is 0.137 e. The van der Waals surface area contributed by atoms with Crippen molar-refractivity contribution < 1.29 is 10.5 Å². The van der Waals surface area contributed by atoms with Crippen molar-refractivity contribution in [3.63, 3.8) is 0 Å². The molecule has 3 N–H and O–H groups in total. The molecule has 0 radical (unpaired) electrons. The van der Waals surface area contributed by atoms with Gasteiger partial charge in [-0.25, -0.2) is 0 Å². The van der Waals surface area contributed by atoms with Crippen LogP contribution in [0.2, 0.25) is 0 Å². The van der Waals surface area contributed by atoms with Gasteiger partial charge < -0.3 is 10.5 Å². The molecule has 0 aliphatic heterocycles. The molecule has 0 fully saturated rings. The molecule has 0 unspecified atom stereocenters. The lowest BCUT2D eigenvalue weighted by Crippen LogP contribution is -2.52. The van der Waals surface area contributed by atoms with E-state index in [1.54, 1.807) is 0 Å². The van der Waals surface area contributed by atoms with Crippen LogP contribution in [0.25, 0.3) is 0 Å². The average Bonchev–Trinajstić information content (AvgIpc) is 2.23. The van der Waals surface area contributed by atoms with Gasteiger partial charge in [-0.05, 0) is 34.9 Å². The first-order valence-corrected chi connectivity index (χ1v) is 6.77. The van der Waals surface area contributed by atoms with Gasteiger partial charge in [-0.3, -0.25) is 0 Å². The maximum absolute atomic E-state index is 5.56. The van der Waals surface area contributed by atoms with E-state index in [9.17, 15) is 0 Å². The van der Waals surface area contributed by atoms with Gasteiger partial charge in [0.25, 0.3) is 0 Å². The van der Waals surface area contributed by atoms with Crippen molar-refractivity contribution in [3.05, 3.63) is 29.8 Å². The Morgan fingerprint density at radius 2 is 1.56 bits per heavy atom. The van der Waals surface area contributed by atoms with Gasteiger partial charge in [-0.1, -0.05) is 46.8 Å². The predicted octanol–water partition coefficient (Wildman–Crippen LogP) is 3.02. The van der Waals surface area contributed by atoms with Crippen molar-refractivity contribution in [2.75, 3.05) is 13.2 Å². The second kappa shape index (κ2) is 5.75. The van der Waals surface area contributed by atoms with E-state index in [1.165, 1.54) is 12.0 Å². The minimum absolute atomic E-state index is 0.198. The summed E-state index contributed by atoms with van der Waals surface area (Å²) in [6.07, 6.45) is 1.17. The van der Waals surface area contributed by atoms with E-state index >= 15 is 0 Å². The van der Waals surface area contributed by atoms with Crippen LogP contribution in [0.3, 0.4) is 0 Å². The van der Waals surface area contributed by atoms with Crippen LogP contribution >= 0.6 is 0 Å². The Morgan fingerprint density at radius 1 is 1.00 bits per heavy atom. The van der Waals surface area contributed by atoms with Crippen LogP contribution in [0.5, 0.6) is 5.75 Å². The zero-order valence-corrected chi connectivity index (χ0v) is 12.5. The van der Waals surface area contributed by atoms with Gasteiger partial charge in [0.1, 0.15) is 18.9 Å². The van der Waals surface area contributed by atoms with Gasteiger partial charge in [0.15, 0.2) is 0 Å². The quantitative estimate of drug-likeness (QED) is 0.857. The second-order valence-electron chi connectivity index (χ2n) is 6.85. The minimum Gasteiger partial charge on any atom is -0.488 e. The van der Waals surface area contributed by atoms with E-state index in [2.05, 4.69) is 64.6 Å². The molecule has 0 heterocycles. The molecule has 0 saturated carbocycles. The predicted molar refractivity (Wildman–Crippen MR) is 76.8 cm³/mol. The zero-order chi connectivity index (χ0) is 13.8. The number of hydrogen-bond donors (Lipinski definition) is 1. The average molecular weight is 250 g/mol. The molecule has 2 heteroatoms. The molecule has 0 aliphatic carbocycles. The van der Waals surface area contributed by atoms with Crippen LogP contribution < -0.4 is 10.5 Å². The highest BCUT2D eigenvalue weighted by Gasteiger charge is 2.27. The number of hydrogen-bond acceptors (Lipinski definition) is 1. The highest BCUT2D eigenvalue weighted by Crippen LogP contribution is 2.36. The van der Waals surface area contributed by atoms with Gasteiger partial charge in [0.2, 0.25) is 0 Å². The zero-order valence-electron chi connectivity index (χ0n) is 12.5. The third-order valence-electron chi connectivity index (χ3n) is 3.02. The molecular weight excluding hydrogens is 222 g/mol. The molecule has 1 rings (SSSR count). The molecule has 0 saturated heterocycles. The summed E-state index contributed by atoms with van der Waals surface area (Å²) in [7, 11) is 0. The lowest BCUT2D eigenvalue weighted by molar-refractivity contribution is -0.370. The van der Waals surface area contributed by atoms with Crippen molar-refractivity contribution in [2.45, 2.75) is 46.5 Å². The molecule has 0 bridgehead atoms. The molecule has 0 spiro atoms. The van der Waals surface area contributed by atoms with E-state index < -0.39 is 0 Å². The highest BCUT2D eigenvalue weighted by atomic mass is 16.5. The van der Waals surface area contributed by atoms with Gasteiger partial charge in [-0.2, -0.15) is 0 Å². The second-order valence-corrected chi connectivity index (χ2v) is 6.85. The van der Waals surface area contributed by atoms with Crippen molar-refractivity contribution >= 4 is 0 Å². The van der Waals surface area contributed by atoms with E-state index in [4.69, 9.17) is 4.74 Å². The number of benzene rings is 1. The minimum atomic E-state index is 0.198. The molecule has 1 aromatic rings. The van der Waals surface area contributed by atoms with Crippen LogP contribution in [-0.4, -0.2) is 13.2 Å². The van der Waals surface area contributed by atoms with Gasteiger partial charge in [-0.15, -0.1) is 0 Å². The lowest BCUT2D eigenvalue weighted by Gasteiger charge is -2.33. The largest absolute Gasteiger partial charge is 0.488 e. The van der Waals surface area contributed by atoms with Crippen LogP contribution in [0.4, 0.5) is 0 Å². The summed E-state index contributed by atoms with van der Waals surface area (Å²) < 4.78 is 5.56. The fourth-order valence-corrected chi connectivity index (χ4v) is 2.62. The van der Waals surface area contributed by atoms with Crippen LogP contribution in [0.15, 0.2) is 24.3 Å². The summed E-state index contributed by atoms with van der Waals surface area (Å²) in [6, 6.07) is 8.50. The summed E-state index contributed by atoms with van der Waals surface area (Å²) in [4.78, 5) is 0. The SMILES string of the molecule is CC(C)(C)CC(C)(C)c1ccc(OCC[NH3+])cc1. The lowest BCUT2D eigenvalue weighted by atomic mass is 9.72.